The lowest BCUT2D eigenvalue weighted by molar-refractivity contribution is -0.124. The van der Waals surface area contributed by atoms with Crippen LogP contribution in [0.1, 0.15) is 19.4 Å². The van der Waals surface area contributed by atoms with Crippen LogP contribution in [0.15, 0.2) is 52.4 Å². The van der Waals surface area contributed by atoms with E-state index in [2.05, 4.69) is 15.3 Å². The molecule has 2 aromatic carbocycles. The summed E-state index contributed by atoms with van der Waals surface area (Å²) in [5.41, 5.74) is 2.17. The molecule has 3 aliphatic heterocycles. The van der Waals surface area contributed by atoms with Crippen LogP contribution in [-0.4, -0.2) is 52.2 Å². The molecule has 0 aliphatic carbocycles. The molecule has 0 fully saturated rings. The number of ether oxygens (including phenoxy) is 2. The Hall–Kier alpha value is -3.33. The summed E-state index contributed by atoms with van der Waals surface area (Å²) in [4.78, 5) is 36.3. The minimum absolute atomic E-state index is 0.143. The third-order valence-electron chi connectivity index (χ3n) is 5.12. The van der Waals surface area contributed by atoms with Gasteiger partial charge in [-0.3, -0.25) is 14.6 Å². The summed E-state index contributed by atoms with van der Waals surface area (Å²) in [7, 11) is 0. The van der Waals surface area contributed by atoms with E-state index >= 15 is 0 Å². The highest BCUT2D eigenvalue weighted by molar-refractivity contribution is 8.15. The van der Waals surface area contributed by atoms with E-state index < -0.39 is 11.3 Å². The van der Waals surface area contributed by atoms with Crippen molar-refractivity contribution in [2.45, 2.75) is 25.1 Å². The van der Waals surface area contributed by atoms with Gasteiger partial charge in [-0.25, -0.2) is 9.89 Å². The molecule has 31 heavy (non-hydrogen) atoms. The molecule has 2 aromatic rings. The Morgan fingerprint density at radius 2 is 1.97 bits per heavy atom. The van der Waals surface area contributed by atoms with Gasteiger partial charge in [0, 0.05) is 17.3 Å². The number of rotatable bonds is 3. The number of carbonyl (C=O) groups is 2. The second-order valence-electron chi connectivity index (χ2n) is 7.32. The fraction of sp³-hybridized carbons (Fsp3) is 0.273. The number of para-hydroxylation sites is 1. The SMILES string of the molecule is C[C@H](SC1=Nc2ccccc2C2=N[C@H](C)C(=O)N12)C(=O)Nc1ccc2c(c1)OCCO2. The van der Waals surface area contributed by atoms with Crippen LogP contribution in [0.2, 0.25) is 0 Å². The first-order chi connectivity index (χ1) is 15.0. The maximum atomic E-state index is 12.8. The lowest BCUT2D eigenvalue weighted by Gasteiger charge is -2.26. The van der Waals surface area contributed by atoms with Gasteiger partial charge < -0.3 is 14.8 Å². The van der Waals surface area contributed by atoms with Crippen molar-refractivity contribution in [1.82, 2.24) is 4.90 Å². The van der Waals surface area contributed by atoms with Gasteiger partial charge in [0.1, 0.15) is 25.1 Å². The predicted octanol–water partition coefficient (Wildman–Crippen LogP) is 3.20. The van der Waals surface area contributed by atoms with Crippen molar-refractivity contribution in [3.05, 3.63) is 48.0 Å². The average Bonchev–Trinajstić information content (AvgIpc) is 3.08. The third kappa shape index (κ3) is 3.54. The molecule has 0 aromatic heterocycles. The highest BCUT2D eigenvalue weighted by Gasteiger charge is 2.40. The molecule has 2 atom stereocenters. The number of thioether (sulfide) groups is 1. The van der Waals surface area contributed by atoms with Crippen LogP contribution in [0.25, 0.3) is 0 Å². The van der Waals surface area contributed by atoms with E-state index in [9.17, 15) is 9.59 Å². The standard InChI is InChI=1S/C22H20N4O4S/c1-12-21(28)26-19(23-12)15-5-3-4-6-16(15)25-22(26)31-13(2)20(27)24-14-7-8-17-18(11-14)30-10-9-29-17/h3-8,11-13H,9-10H2,1-2H3,(H,24,27)/t12-,13+/m1/s1. The second kappa shape index (κ2) is 7.73. The molecule has 0 saturated heterocycles. The molecule has 5 rings (SSSR count). The molecule has 3 aliphatic rings. The summed E-state index contributed by atoms with van der Waals surface area (Å²) in [6.07, 6.45) is 0. The number of nitrogens with zero attached hydrogens (tertiary/aromatic N) is 3. The number of fused-ring (bicyclic) bond motifs is 4. The van der Waals surface area contributed by atoms with Crippen LogP contribution in [0.5, 0.6) is 11.5 Å². The molecule has 0 radical (unpaired) electrons. The molecule has 9 heteroatoms. The molecule has 0 unspecified atom stereocenters. The number of aliphatic imine (C=N–C) groups is 2. The number of amidine groups is 2. The lowest BCUT2D eigenvalue weighted by Crippen LogP contribution is -2.41. The van der Waals surface area contributed by atoms with Gasteiger partial charge in [-0.1, -0.05) is 23.9 Å². The van der Waals surface area contributed by atoms with Crippen molar-refractivity contribution in [2.24, 2.45) is 9.98 Å². The number of nitrogens with one attached hydrogen (secondary N) is 1. The number of hydrogen-bond donors (Lipinski definition) is 1. The molecular formula is C22H20N4O4S. The topological polar surface area (TPSA) is 92.6 Å². The summed E-state index contributed by atoms with van der Waals surface area (Å²) in [5.74, 6) is 1.51. The van der Waals surface area contributed by atoms with Crippen LogP contribution in [0.3, 0.4) is 0 Å². The maximum absolute atomic E-state index is 12.8. The third-order valence-corrected chi connectivity index (χ3v) is 6.17. The van der Waals surface area contributed by atoms with Gasteiger partial charge in [0.05, 0.1) is 10.9 Å². The van der Waals surface area contributed by atoms with Crippen molar-refractivity contribution in [3.8, 4) is 11.5 Å². The van der Waals surface area contributed by atoms with Crippen LogP contribution in [0.4, 0.5) is 11.4 Å². The number of hydrogen-bond acceptors (Lipinski definition) is 7. The minimum Gasteiger partial charge on any atom is -0.486 e. The Kier molecular flexibility index (Phi) is 4.90. The quantitative estimate of drug-likeness (QED) is 0.798. The Bertz CT molecular complexity index is 1150. The first kappa shape index (κ1) is 19.6. The molecule has 0 spiro atoms. The Morgan fingerprint density at radius 1 is 1.19 bits per heavy atom. The van der Waals surface area contributed by atoms with Crippen molar-refractivity contribution in [2.75, 3.05) is 18.5 Å². The molecular weight excluding hydrogens is 416 g/mol. The van der Waals surface area contributed by atoms with Crippen molar-refractivity contribution >= 4 is 46.0 Å². The van der Waals surface area contributed by atoms with Crippen molar-refractivity contribution in [3.63, 3.8) is 0 Å². The summed E-state index contributed by atoms with van der Waals surface area (Å²) in [6, 6.07) is 12.4. The van der Waals surface area contributed by atoms with Gasteiger partial charge in [-0.15, -0.1) is 0 Å². The normalized spacial score (nSPS) is 19.7. The van der Waals surface area contributed by atoms with Gasteiger partial charge in [0.2, 0.25) is 5.91 Å². The molecule has 3 heterocycles. The van der Waals surface area contributed by atoms with Crippen LogP contribution in [-0.2, 0) is 9.59 Å². The smallest absolute Gasteiger partial charge is 0.258 e. The average molecular weight is 436 g/mol. The zero-order valence-corrected chi connectivity index (χ0v) is 17.8. The Labute approximate surface area is 183 Å². The van der Waals surface area contributed by atoms with Gasteiger partial charge >= 0.3 is 0 Å². The van der Waals surface area contributed by atoms with Crippen LogP contribution in [0, 0.1) is 0 Å². The highest BCUT2D eigenvalue weighted by Crippen LogP contribution is 2.35. The fourth-order valence-electron chi connectivity index (χ4n) is 3.53. The van der Waals surface area contributed by atoms with Gasteiger partial charge in [0.15, 0.2) is 16.7 Å². The van der Waals surface area contributed by atoms with Gasteiger partial charge in [0.25, 0.3) is 5.91 Å². The van der Waals surface area contributed by atoms with Gasteiger partial charge in [-0.05, 0) is 38.1 Å². The van der Waals surface area contributed by atoms with Crippen molar-refractivity contribution in [1.29, 1.82) is 0 Å². The summed E-state index contributed by atoms with van der Waals surface area (Å²) in [6.45, 7) is 4.53. The van der Waals surface area contributed by atoms with E-state index in [1.165, 1.54) is 16.7 Å². The lowest BCUT2D eigenvalue weighted by atomic mass is 10.1. The van der Waals surface area contributed by atoms with Crippen LogP contribution >= 0.6 is 11.8 Å². The summed E-state index contributed by atoms with van der Waals surface area (Å²) in [5, 5.41) is 2.85. The number of carbonyl (C=O) groups excluding carboxylic acids is 2. The second-order valence-corrected chi connectivity index (χ2v) is 8.63. The Morgan fingerprint density at radius 3 is 2.81 bits per heavy atom. The molecule has 0 bridgehead atoms. The first-order valence-corrected chi connectivity index (χ1v) is 10.9. The molecule has 0 saturated carbocycles. The van der Waals surface area contributed by atoms with E-state index in [4.69, 9.17) is 9.47 Å². The highest BCUT2D eigenvalue weighted by atomic mass is 32.2. The van der Waals surface area contributed by atoms with E-state index in [0.717, 1.165) is 11.3 Å². The molecule has 1 N–H and O–H groups in total. The Balaban J connectivity index is 1.35. The largest absolute Gasteiger partial charge is 0.486 e. The van der Waals surface area contributed by atoms with E-state index in [0.29, 0.717) is 41.4 Å². The number of anilines is 1. The molecule has 8 nitrogen and oxygen atoms in total. The van der Waals surface area contributed by atoms with Crippen LogP contribution < -0.4 is 14.8 Å². The maximum Gasteiger partial charge on any atom is 0.258 e. The van der Waals surface area contributed by atoms with E-state index in [1.54, 1.807) is 32.0 Å². The van der Waals surface area contributed by atoms with Crippen molar-refractivity contribution < 1.29 is 19.1 Å². The first-order valence-electron chi connectivity index (χ1n) is 9.98. The summed E-state index contributed by atoms with van der Waals surface area (Å²) >= 11 is 1.23. The minimum atomic E-state index is -0.498. The van der Waals surface area contributed by atoms with E-state index in [-0.39, 0.29) is 11.8 Å². The summed E-state index contributed by atoms with van der Waals surface area (Å²) < 4.78 is 11.1. The predicted molar refractivity (Wildman–Crippen MR) is 119 cm³/mol. The molecule has 2 amide bonds. The zero-order chi connectivity index (χ0) is 21.5. The van der Waals surface area contributed by atoms with Gasteiger partial charge in [-0.2, -0.15) is 0 Å². The molecule has 158 valence electrons. The van der Waals surface area contributed by atoms with E-state index in [1.807, 2.05) is 24.3 Å². The number of amides is 2. The fourth-order valence-corrected chi connectivity index (χ4v) is 4.45. The monoisotopic (exact) mass is 436 g/mol. The number of benzene rings is 2. The zero-order valence-electron chi connectivity index (χ0n) is 17.0.